The number of hydrogen-bond donors (Lipinski definition) is 2. The van der Waals surface area contributed by atoms with E-state index in [0.717, 1.165) is 29.7 Å². The van der Waals surface area contributed by atoms with Gasteiger partial charge in [-0.05, 0) is 24.1 Å². The van der Waals surface area contributed by atoms with E-state index in [0.29, 0.717) is 21.5 Å². The molecule has 0 spiro atoms. The molecule has 0 bridgehead atoms. The van der Waals surface area contributed by atoms with Crippen LogP contribution >= 0.6 is 23.2 Å². The topological polar surface area (TPSA) is 87.7 Å². The Morgan fingerprint density at radius 3 is 2.83 bits per heavy atom. The number of nitrogens with zero attached hydrogens (tertiary/aromatic N) is 2. The standard InChI is InChI=1S/C16H14Cl2N4O/c1-2-3-12-14-13(8-4-5-10(17)11(18)6-8)9(7-19)15(20)23-16(14)22-21-12/h4-6,13H,2-3,20H2,1H3,(H,21,22). The Morgan fingerprint density at radius 2 is 2.17 bits per heavy atom. The fraction of sp³-hybridized carbons (Fsp3) is 0.250. The van der Waals surface area contributed by atoms with Crippen LogP contribution in [0.25, 0.3) is 0 Å². The molecule has 0 amide bonds. The van der Waals surface area contributed by atoms with E-state index in [1.54, 1.807) is 12.1 Å². The number of nitriles is 1. The number of H-pyrrole nitrogens is 1. The van der Waals surface area contributed by atoms with Gasteiger partial charge in [-0.3, -0.25) is 5.10 Å². The summed E-state index contributed by atoms with van der Waals surface area (Å²) in [5.41, 5.74) is 8.83. The van der Waals surface area contributed by atoms with E-state index in [2.05, 4.69) is 23.2 Å². The van der Waals surface area contributed by atoms with Gasteiger partial charge in [-0.25, -0.2) is 0 Å². The zero-order valence-electron chi connectivity index (χ0n) is 12.4. The molecule has 1 aromatic carbocycles. The van der Waals surface area contributed by atoms with E-state index < -0.39 is 0 Å². The Hall–Kier alpha value is -2.16. The highest BCUT2D eigenvalue weighted by Gasteiger charge is 2.35. The minimum atomic E-state index is -0.376. The molecule has 1 aliphatic heterocycles. The molecule has 2 heterocycles. The average Bonchev–Trinajstić information content (AvgIpc) is 2.91. The number of aromatic amines is 1. The third-order valence-electron chi connectivity index (χ3n) is 3.79. The molecule has 1 aliphatic rings. The Kier molecular flexibility index (Phi) is 4.20. The molecular formula is C16H14Cl2N4O. The highest BCUT2D eigenvalue weighted by molar-refractivity contribution is 6.42. The van der Waals surface area contributed by atoms with E-state index in [1.807, 2.05) is 6.07 Å². The van der Waals surface area contributed by atoms with Crippen LogP contribution in [-0.2, 0) is 6.42 Å². The third kappa shape index (κ3) is 2.65. The van der Waals surface area contributed by atoms with Gasteiger partial charge in [0.2, 0.25) is 11.8 Å². The molecule has 118 valence electrons. The van der Waals surface area contributed by atoms with Crippen molar-refractivity contribution in [2.45, 2.75) is 25.7 Å². The molecule has 1 unspecified atom stereocenters. The molecule has 2 aromatic rings. The normalized spacial score (nSPS) is 16.7. The summed E-state index contributed by atoms with van der Waals surface area (Å²) in [7, 11) is 0. The molecule has 1 aromatic heterocycles. The predicted molar refractivity (Wildman–Crippen MR) is 88.3 cm³/mol. The number of aromatic nitrogens is 2. The van der Waals surface area contributed by atoms with Gasteiger partial charge in [0.25, 0.3) is 0 Å². The van der Waals surface area contributed by atoms with Crippen molar-refractivity contribution < 1.29 is 4.74 Å². The summed E-state index contributed by atoms with van der Waals surface area (Å²) in [6.07, 6.45) is 1.73. The zero-order chi connectivity index (χ0) is 16.6. The maximum absolute atomic E-state index is 9.54. The monoisotopic (exact) mass is 348 g/mol. The highest BCUT2D eigenvalue weighted by Crippen LogP contribution is 2.44. The van der Waals surface area contributed by atoms with Gasteiger partial charge in [-0.1, -0.05) is 42.6 Å². The van der Waals surface area contributed by atoms with Crippen molar-refractivity contribution in [2.24, 2.45) is 5.73 Å². The van der Waals surface area contributed by atoms with Crippen molar-refractivity contribution in [2.75, 3.05) is 0 Å². The molecule has 0 fully saturated rings. The van der Waals surface area contributed by atoms with Gasteiger partial charge in [0.1, 0.15) is 11.6 Å². The first-order valence-electron chi connectivity index (χ1n) is 7.16. The molecule has 5 nitrogen and oxygen atoms in total. The van der Waals surface area contributed by atoms with Crippen LogP contribution in [0.15, 0.2) is 29.7 Å². The quantitative estimate of drug-likeness (QED) is 0.880. The lowest BCUT2D eigenvalue weighted by Crippen LogP contribution is -2.21. The van der Waals surface area contributed by atoms with E-state index in [9.17, 15) is 5.26 Å². The first-order valence-corrected chi connectivity index (χ1v) is 7.92. The van der Waals surface area contributed by atoms with Crippen molar-refractivity contribution in [1.29, 1.82) is 5.26 Å². The summed E-state index contributed by atoms with van der Waals surface area (Å²) in [6.45, 7) is 2.07. The molecule has 23 heavy (non-hydrogen) atoms. The number of benzene rings is 1. The second kappa shape index (κ2) is 6.15. The number of halogens is 2. The van der Waals surface area contributed by atoms with Crippen LogP contribution in [0.1, 0.15) is 36.1 Å². The fourth-order valence-electron chi connectivity index (χ4n) is 2.77. The van der Waals surface area contributed by atoms with Crippen molar-refractivity contribution in [3.63, 3.8) is 0 Å². The molecule has 7 heteroatoms. The Balaban J connectivity index is 2.21. The van der Waals surface area contributed by atoms with Gasteiger partial charge >= 0.3 is 0 Å². The lowest BCUT2D eigenvalue weighted by molar-refractivity contribution is 0.378. The molecule has 0 aliphatic carbocycles. The maximum Gasteiger partial charge on any atom is 0.244 e. The Morgan fingerprint density at radius 1 is 1.39 bits per heavy atom. The zero-order valence-corrected chi connectivity index (χ0v) is 13.9. The molecular weight excluding hydrogens is 335 g/mol. The Labute approximate surface area is 143 Å². The van der Waals surface area contributed by atoms with E-state index in [4.69, 9.17) is 33.7 Å². The fourth-order valence-corrected chi connectivity index (χ4v) is 3.08. The minimum Gasteiger partial charge on any atom is -0.420 e. The van der Waals surface area contributed by atoms with Gasteiger partial charge in [0.15, 0.2) is 0 Å². The lowest BCUT2D eigenvalue weighted by atomic mass is 9.83. The Bertz CT molecular complexity index is 835. The van der Waals surface area contributed by atoms with Crippen LogP contribution in [0.2, 0.25) is 10.0 Å². The summed E-state index contributed by atoms with van der Waals surface area (Å²) in [4.78, 5) is 0. The smallest absolute Gasteiger partial charge is 0.244 e. The number of fused-ring (bicyclic) bond motifs is 1. The number of hydrogen-bond acceptors (Lipinski definition) is 4. The number of nitrogens with one attached hydrogen (secondary N) is 1. The summed E-state index contributed by atoms with van der Waals surface area (Å²) in [6, 6.07) is 7.44. The van der Waals surface area contributed by atoms with Crippen molar-refractivity contribution in [3.8, 4) is 11.9 Å². The average molecular weight is 349 g/mol. The van der Waals surface area contributed by atoms with Crippen molar-refractivity contribution in [3.05, 3.63) is 56.5 Å². The van der Waals surface area contributed by atoms with Crippen LogP contribution < -0.4 is 10.5 Å². The van der Waals surface area contributed by atoms with Gasteiger partial charge in [0.05, 0.1) is 16.0 Å². The summed E-state index contributed by atoms with van der Waals surface area (Å²) in [5.74, 6) is 0.0884. The van der Waals surface area contributed by atoms with Crippen molar-refractivity contribution in [1.82, 2.24) is 10.2 Å². The first kappa shape index (κ1) is 15.7. The molecule has 3 N–H and O–H groups in total. The largest absolute Gasteiger partial charge is 0.420 e. The number of aryl methyl sites for hydroxylation is 1. The van der Waals surface area contributed by atoms with Crippen LogP contribution in [-0.4, -0.2) is 10.2 Å². The van der Waals surface area contributed by atoms with Crippen LogP contribution in [0.3, 0.4) is 0 Å². The third-order valence-corrected chi connectivity index (χ3v) is 4.53. The number of ether oxygens (including phenoxy) is 1. The van der Waals surface area contributed by atoms with Gasteiger partial charge in [0, 0.05) is 11.3 Å². The van der Waals surface area contributed by atoms with Crippen LogP contribution in [0.5, 0.6) is 5.88 Å². The van der Waals surface area contributed by atoms with E-state index >= 15 is 0 Å². The molecule has 1 atom stereocenters. The molecule has 0 radical (unpaired) electrons. The second-order valence-corrected chi connectivity index (χ2v) is 6.08. The first-order chi connectivity index (χ1) is 11.1. The van der Waals surface area contributed by atoms with E-state index in [1.165, 1.54) is 0 Å². The van der Waals surface area contributed by atoms with Crippen molar-refractivity contribution >= 4 is 23.2 Å². The van der Waals surface area contributed by atoms with Gasteiger partial charge in [-0.15, -0.1) is 5.10 Å². The number of rotatable bonds is 3. The highest BCUT2D eigenvalue weighted by atomic mass is 35.5. The van der Waals surface area contributed by atoms with Gasteiger partial charge < -0.3 is 10.5 Å². The summed E-state index contributed by atoms with van der Waals surface area (Å²) >= 11 is 12.1. The molecule has 0 saturated heterocycles. The van der Waals surface area contributed by atoms with E-state index in [-0.39, 0.29) is 11.8 Å². The predicted octanol–water partition coefficient (Wildman–Crippen LogP) is 3.89. The summed E-state index contributed by atoms with van der Waals surface area (Å²) < 4.78 is 5.50. The summed E-state index contributed by atoms with van der Waals surface area (Å²) in [5, 5.41) is 17.6. The maximum atomic E-state index is 9.54. The number of nitrogens with two attached hydrogens (primary N) is 1. The van der Waals surface area contributed by atoms with Crippen LogP contribution in [0.4, 0.5) is 0 Å². The second-order valence-electron chi connectivity index (χ2n) is 5.27. The van der Waals surface area contributed by atoms with Gasteiger partial charge in [-0.2, -0.15) is 5.26 Å². The molecule has 3 rings (SSSR count). The SMILES string of the molecule is CCCc1[nH]nc2c1C(c1ccc(Cl)c(Cl)c1)C(C#N)=C(N)O2. The minimum absolute atomic E-state index is 0.0608. The number of allylic oxidation sites excluding steroid dienone is 1. The molecule has 0 saturated carbocycles. The van der Waals surface area contributed by atoms with Crippen LogP contribution in [0, 0.1) is 11.3 Å². The lowest BCUT2D eigenvalue weighted by Gasteiger charge is -2.24.